The van der Waals surface area contributed by atoms with Gasteiger partial charge in [0, 0.05) is 50.0 Å². The summed E-state index contributed by atoms with van der Waals surface area (Å²) in [6.45, 7) is 15.6. The fraction of sp³-hybridized carbons (Fsp3) is 0.448. The average Bonchev–Trinajstić information content (AvgIpc) is 3.28. The number of pyridine rings is 1. The van der Waals surface area contributed by atoms with Crippen molar-refractivity contribution < 1.29 is 8.78 Å². The summed E-state index contributed by atoms with van der Waals surface area (Å²) in [5.41, 5.74) is 2.36. The van der Waals surface area contributed by atoms with Crippen LogP contribution in [0.2, 0.25) is 0 Å². The van der Waals surface area contributed by atoms with Crippen molar-refractivity contribution in [1.29, 1.82) is 0 Å². The summed E-state index contributed by atoms with van der Waals surface area (Å²) in [5, 5.41) is 3.07. The van der Waals surface area contributed by atoms with Crippen molar-refractivity contribution in [2.75, 3.05) is 38.0 Å². The normalized spacial score (nSPS) is 15.8. The van der Waals surface area contributed by atoms with Crippen LogP contribution in [0.1, 0.15) is 57.6 Å². The van der Waals surface area contributed by atoms with Crippen LogP contribution < -0.4 is 5.32 Å². The van der Waals surface area contributed by atoms with Crippen LogP contribution in [0.3, 0.4) is 0 Å². The quantitative estimate of drug-likeness (QED) is 0.302. The standard InChI is InChI=1S/C29H36F2N8/c1-6-24(38-12-10-37(7-2)11-13-38)20-8-9-26(32-16-20)35-29-33-17-23(31)27(36-29)21-14-22(30)28-25(15-21)39(18(3)4)19(5)34-28/h8-9,14-18,24H,6-7,10-13H2,1-5H3,(H,32,33,35,36)/t24-/m1/s1. The minimum atomic E-state index is -0.635. The maximum absolute atomic E-state index is 15.0. The zero-order valence-electron chi connectivity index (χ0n) is 23.2. The van der Waals surface area contributed by atoms with E-state index >= 15 is 0 Å². The van der Waals surface area contributed by atoms with Crippen LogP contribution in [-0.2, 0) is 0 Å². The van der Waals surface area contributed by atoms with Crippen LogP contribution >= 0.6 is 0 Å². The number of nitrogens with zero attached hydrogens (tertiary/aromatic N) is 7. The molecule has 1 atom stereocenters. The number of fused-ring (bicyclic) bond motifs is 1. The molecular formula is C29H36F2N8. The second-order valence-electron chi connectivity index (χ2n) is 10.3. The molecule has 5 rings (SSSR count). The highest BCUT2D eigenvalue weighted by Crippen LogP contribution is 2.31. The fourth-order valence-corrected chi connectivity index (χ4v) is 5.57. The Hall–Kier alpha value is -3.50. The lowest BCUT2D eigenvalue weighted by Crippen LogP contribution is -2.47. The molecule has 1 aliphatic heterocycles. The molecule has 3 aromatic heterocycles. The monoisotopic (exact) mass is 534 g/mol. The molecule has 0 aliphatic carbocycles. The predicted molar refractivity (Wildman–Crippen MR) is 150 cm³/mol. The highest BCUT2D eigenvalue weighted by atomic mass is 19.1. The zero-order chi connectivity index (χ0) is 27.7. The first-order valence-electron chi connectivity index (χ1n) is 13.7. The van der Waals surface area contributed by atoms with Crippen molar-refractivity contribution in [2.45, 2.75) is 53.1 Å². The summed E-state index contributed by atoms with van der Waals surface area (Å²) in [6.07, 6.45) is 3.97. The van der Waals surface area contributed by atoms with Gasteiger partial charge in [-0.3, -0.25) is 4.90 Å². The van der Waals surface area contributed by atoms with E-state index in [0.29, 0.717) is 28.8 Å². The van der Waals surface area contributed by atoms with Crippen LogP contribution in [-0.4, -0.2) is 67.0 Å². The summed E-state index contributed by atoms with van der Waals surface area (Å²) in [7, 11) is 0. The molecule has 0 saturated carbocycles. The van der Waals surface area contributed by atoms with E-state index in [1.54, 1.807) is 6.07 Å². The van der Waals surface area contributed by atoms with Crippen LogP contribution in [0.5, 0.6) is 0 Å². The third kappa shape index (κ3) is 5.49. The lowest BCUT2D eigenvalue weighted by Gasteiger charge is -2.38. The Morgan fingerprint density at radius 2 is 1.72 bits per heavy atom. The second-order valence-corrected chi connectivity index (χ2v) is 10.3. The Kier molecular flexibility index (Phi) is 7.86. The molecule has 206 valence electrons. The molecule has 1 saturated heterocycles. The zero-order valence-corrected chi connectivity index (χ0v) is 23.2. The number of aryl methyl sites for hydroxylation is 1. The van der Waals surface area contributed by atoms with E-state index in [2.05, 4.69) is 55.0 Å². The lowest BCUT2D eigenvalue weighted by molar-refractivity contribution is 0.0970. The van der Waals surface area contributed by atoms with Crippen LogP contribution in [0, 0.1) is 18.6 Å². The number of hydrogen-bond donors (Lipinski definition) is 1. The molecule has 0 unspecified atom stereocenters. The first-order valence-corrected chi connectivity index (χ1v) is 13.7. The van der Waals surface area contributed by atoms with Crippen molar-refractivity contribution >= 4 is 22.8 Å². The molecule has 10 heteroatoms. The summed E-state index contributed by atoms with van der Waals surface area (Å²) in [6, 6.07) is 7.34. The van der Waals surface area contributed by atoms with Gasteiger partial charge in [-0.15, -0.1) is 0 Å². The molecule has 1 aromatic carbocycles. The Bertz CT molecular complexity index is 1440. The minimum Gasteiger partial charge on any atom is -0.326 e. The summed E-state index contributed by atoms with van der Waals surface area (Å²) >= 11 is 0. The first-order chi connectivity index (χ1) is 18.8. The lowest BCUT2D eigenvalue weighted by atomic mass is 10.0. The van der Waals surface area contributed by atoms with Crippen LogP contribution in [0.15, 0.2) is 36.7 Å². The highest BCUT2D eigenvalue weighted by molar-refractivity contribution is 5.83. The van der Waals surface area contributed by atoms with Gasteiger partial charge in [-0.05, 0) is 57.5 Å². The van der Waals surface area contributed by atoms with Gasteiger partial charge in [0.05, 0.1) is 11.7 Å². The number of nitrogens with one attached hydrogen (secondary N) is 1. The SMILES string of the molecule is CC[C@H](c1ccc(Nc2ncc(F)c(-c3cc(F)c4nc(C)n(C(C)C)c4c3)n2)nc1)N1CCN(CC)CC1. The summed E-state index contributed by atoms with van der Waals surface area (Å²) < 4.78 is 31.8. The number of piperazine rings is 1. The molecular weight excluding hydrogens is 498 g/mol. The first kappa shape index (κ1) is 27.1. The van der Waals surface area contributed by atoms with Gasteiger partial charge < -0.3 is 14.8 Å². The molecule has 0 bridgehead atoms. The van der Waals surface area contributed by atoms with E-state index in [0.717, 1.165) is 50.9 Å². The number of hydrogen-bond acceptors (Lipinski definition) is 7. The van der Waals surface area contributed by atoms with Crippen molar-refractivity contribution in [1.82, 2.24) is 34.3 Å². The van der Waals surface area contributed by atoms with E-state index in [1.807, 2.05) is 37.6 Å². The molecule has 0 amide bonds. The average molecular weight is 535 g/mol. The molecule has 39 heavy (non-hydrogen) atoms. The fourth-order valence-electron chi connectivity index (χ4n) is 5.57. The minimum absolute atomic E-state index is 0.0105. The predicted octanol–water partition coefficient (Wildman–Crippen LogP) is 5.89. The highest BCUT2D eigenvalue weighted by Gasteiger charge is 2.24. The van der Waals surface area contributed by atoms with E-state index < -0.39 is 11.6 Å². The van der Waals surface area contributed by atoms with Crippen molar-refractivity contribution in [3.8, 4) is 11.3 Å². The topological polar surface area (TPSA) is 75.0 Å². The Labute approximate surface area is 228 Å². The van der Waals surface area contributed by atoms with E-state index in [9.17, 15) is 8.78 Å². The molecule has 4 heterocycles. The summed E-state index contributed by atoms with van der Waals surface area (Å²) in [5.74, 6) is 0.283. The van der Waals surface area contributed by atoms with Gasteiger partial charge in [-0.25, -0.2) is 28.7 Å². The number of benzene rings is 1. The van der Waals surface area contributed by atoms with Crippen molar-refractivity contribution in [2.24, 2.45) is 0 Å². The molecule has 0 spiro atoms. The van der Waals surface area contributed by atoms with Crippen molar-refractivity contribution in [3.63, 3.8) is 0 Å². The molecule has 8 nitrogen and oxygen atoms in total. The molecule has 1 N–H and O–H groups in total. The number of likely N-dealkylation sites (N-methyl/N-ethyl adjacent to an activating group) is 1. The van der Waals surface area contributed by atoms with Gasteiger partial charge in [0.15, 0.2) is 11.6 Å². The maximum Gasteiger partial charge on any atom is 0.229 e. The smallest absolute Gasteiger partial charge is 0.229 e. The van der Waals surface area contributed by atoms with Crippen LogP contribution in [0.25, 0.3) is 22.3 Å². The van der Waals surface area contributed by atoms with Crippen molar-refractivity contribution in [3.05, 3.63) is 59.7 Å². The third-order valence-electron chi connectivity index (χ3n) is 7.55. The number of imidazole rings is 1. The van der Waals surface area contributed by atoms with Crippen LogP contribution in [0.4, 0.5) is 20.5 Å². The van der Waals surface area contributed by atoms with Gasteiger partial charge in [0.25, 0.3) is 0 Å². The summed E-state index contributed by atoms with van der Waals surface area (Å²) in [4.78, 5) is 22.4. The van der Waals surface area contributed by atoms with Gasteiger partial charge >= 0.3 is 0 Å². The third-order valence-corrected chi connectivity index (χ3v) is 7.55. The Balaban J connectivity index is 1.38. The second kappa shape index (κ2) is 11.3. The van der Waals surface area contributed by atoms with Gasteiger partial charge in [-0.1, -0.05) is 19.9 Å². The van der Waals surface area contributed by atoms with Gasteiger partial charge in [0.2, 0.25) is 5.95 Å². The maximum atomic E-state index is 15.0. The number of anilines is 2. The number of aromatic nitrogens is 5. The molecule has 4 aromatic rings. The van der Waals surface area contributed by atoms with E-state index in [-0.39, 0.29) is 23.2 Å². The Morgan fingerprint density at radius 3 is 2.36 bits per heavy atom. The van der Waals surface area contributed by atoms with E-state index in [4.69, 9.17) is 0 Å². The number of rotatable bonds is 8. The Morgan fingerprint density at radius 1 is 0.949 bits per heavy atom. The number of halogens is 2. The largest absolute Gasteiger partial charge is 0.326 e. The van der Waals surface area contributed by atoms with Gasteiger partial charge in [-0.2, -0.15) is 0 Å². The molecule has 1 aliphatic rings. The van der Waals surface area contributed by atoms with E-state index in [1.165, 1.54) is 6.07 Å². The van der Waals surface area contributed by atoms with Gasteiger partial charge in [0.1, 0.15) is 22.9 Å². The molecule has 0 radical (unpaired) electrons. The molecule has 1 fully saturated rings.